The molecule has 0 aliphatic carbocycles. The first-order chi connectivity index (χ1) is 10.9. The summed E-state index contributed by atoms with van der Waals surface area (Å²) < 4.78 is 5.33. The molecule has 0 saturated carbocycles. The molecule has 1 N–H and O–H groups in total. The molecular formula is C19H22ClNO2. The predicted molar refractivity (Wildman–Crippen MR) is 95.4 cm³/mol. The van der Waals surface area contributed by atoms with Crippen molar-refractivity contribution in [3.05, 3.63) is 58.6 Å². The molecule has 3 nitrogen and oxygen atoms in total. The molecule has 0 heterocycles. The Hall–Kier alpha value is -2.00. The Labute approximate surface area is 142 Å². The monoisotopic (exact) mass is 331 g/mol. The minimum atomic E-state index is -0.252. The number of carbonyl (C=O) groups excluding carboxylic acids is 1. The van der Waals surface area contributed by atoms with Gasteiger partial charge in [0.2, 0.25) is 5.91 Å². The average Bonchev–Trinajstić information content (AvgIpc) is 2.49. The summed E-state index contributed by atoms with van der Waals surface area (Å²) in [5.74, 6) is 0.512. The number of amides is 1. The standard InChI is InChI=1S/C19H22ClNO2/c1-12(2)18(14-6-8-15(20)9-7-14)19(22)21-16-11-13(3)5-10-17(16)23-4/h5-12,18H,1-4H3,(H,21,22)/t18-/m1/s1. The van der Waals surface area contributed by atoms with E-state index in [1.54, 1.807) is 7.11 Å². The third kappa shape index (κ3) is 4.26. The van der Waals surface area contributed by atoms with E-state index >= 15 is 0 Å². The van der Waals surface area contributed by atoms with Crippen molar-refractivity contribution in [2.45, 2.75) is 26.7 Å². The molecule has 1 amide bonds. The maximum atomic E-state index is 12.8. The number of rotatable bonds is 5. The van der Waals surface area contributed by atoms with Gasteiger partial charge >= 0.3 is 0 Å². The molecule has 0 bridgehead atoms. The first-order valence-corrected chi connectivity index (χ1v) is 8.01. The van der Waals surface area contributed by atoms with E-state index in [0.717, 1.165) is 11.1 Å². The third-order valence-corrected chi connectivity index (χ3v) is 4.04. The second-order valence-electron chi connectivity index (χ2n) is 5.97. The fraction of sp³-hybridized carbons (Fsp3) is 0.316. The molecule has 0 spiro atoms. The van der Waals surface area contributed by atoms with Crippen LogP contribution in [-0.4, -0.2) is 13.0 Å². The fourth-order valence-corrected chi connectivity index (χ4v) is 2.77. The highest BCUT2D eigenvalue weighted by Gasteiger charge is 2.25. The van der Waals surface area contributed by atoms with E-state index in [2.05, 4.69) is 5.32 Å². The number of methoxy groups -OCH3 is 1. The first kappa shape index (κ1) is 17.4. The van der Waals surface area contributed by atoms with Gasteiger partial charge in [-0.1, -0.05) is 43.6 Å². The topological polar surface area (TPSA) is 38.3 Å². The molecule has 0 radical (unpaired) electrons. The molecule has 2 aromatic rings. The lowest BCUT2D eigenvalue weighted by molar-refractivity contribution is -0.118. The molecule has 0 fully saturated rings. The second-order valence-corrected chi connectivity index (χ2v) is 6.40. The Kier molecular flexibility index (Phi) is 5.67. The van der Waals surface area contributed by atoms with Gasteiger partial charge in [-0.2, -0.15) is 0 Å². The molecule has 0 aromatic heterocycles. The molecule has 23 heavy (non-hydrogen) atoms. The van der Waals surface area contributed by atoms with Crippen molar-refractivity contribution in [1.29, 1.82) is 0 Å². The van der Waals surface area contributed by atoms with Gasteiger partial charge in [-0.15, -0.1) is 0 Å². The van der Waals surface area contributed by atoms with Crippen LogP contribution in [0.25, 0.3) is 0 Å². The lowest BCUT2D eigenvalue weighted by Crippen LogP contribution is -2.25. The number of ether oxygens (including phenoxy) is 1. The lowest BCUT2D eigenvalue weighted by Gasteiger charge is -2.21. The van der Waals surface area contributed by atoms with Gasteiger partial charge in [-0.25, -0.2) is 0 Å². The van der Waals surface area contributed by atoms with Gasteiger partial charge in [0.05, 0.1) is 18.7 Å². The van der Waals surface area contributed by atoms with Crippen LogP contribution in [0.2, 0.25) is 5.02 Å². The summed E-state index contributed by atoms with van der Waals surface area (Å²) in [6, 6.07) is 13.2. The van der Waals surface area contributed by atoms with Gasteiger partial charge in [0.25, 0.3) is 0 Å². The van der Waals surface area contributed by atoms with E-state index in [1.165, 1.54) is 0 Å². The second kappa shape index (κ2) is 7.51. The van der Waals surface area contributed by atoms with Crippen LogP contribution in [0.15, 0.2) is 42.5 Å². The van der Waals surface area contributed by atoms with Gasteiger partial charge in [-0.3, -0.25) is 4.79 Å². The van der Waals surface area contributed by atoms with E-state index in [1.807, 2.05) is 63.2 Å². The lowest BCUT2D eigenvalue weighted by atomic mass is 9.87. The predicted octanol–water partition coefficient (Wildman–Crippen LogP) is 5.04. The Morgan fingerprint density at radius 1 is 1.13 bits per heavy atom. The molecule has 2 aromatic carbocycles. The van der Waals surface area contributed by atoms with Crippen molar-refractivity contribution in [1.82, 2.24) is 0 Å². The average molecular weight is 332 g/mol. The summed E-state index contributed by atoms with van der Waals surface area (Å²) in [4.78, 5) is 12.8. The van der Waals surface area contributed by atoms with E-state index in [9.17, 15) is 4.79 Å². The first-order valence-electron chi connectivity index (χ1n) is 7.63. The third-order valence-electron chi connectivity index (χ3n) is 3.79. The van der Waals surface area contributed by atoms with Crippen LogP contribution in [0.3, 0.4) is 0 Å². The maximum absolute atomic E-state index is 12.8. The van der Waals surface area contributed by atoms with Crippen LogP contribution in [-0.2, 0) is 4.79 Å². The number of benzene rings is 2. The molecule has 0 unspecified atom stereocenters. The van der Waals surface area contributed by atoms with Crippen molar-refractivity contribution in [2.24, 2.45) is 5.92 Å². The highest BCUT2D eigenvalue weighted by molar-refractivity contribution is 6.30. The van der Waals surface area contributed by atoms with Crippen LogP contribution in [0.5, 0.6) is 5.75 Å². The van der Waals surface area contributed by atoms with Crippen molar-refractivity contribution in [3.8, 4) is 5.75 Å². The van der Waals surface area contributed by atoms with E-state index in [-0.39, 0.29) is 17.7 Å². The number of hydrogen-bond donors (Lipinski definition) is 1. The molecule has 0 aliphatic rings. The zero-order valence-corrected chi connectivity index (χ0v) is 14.6. The van der Waals surface area contributed by atoms with Crippen LogP contribution in [0, 0.1) is 12.8 Å². The number of halogens is 1. The quantitative estimate of drug-likeness (QED) is 0.834. The number of carbonyl (C=O) groups is 1. The van der Waals surface area contributed by atoms with Gasteiger partial charge in [0.15, 0.2) is 0 Å². The Bertz CT molecular complexity index is 680. The van der Waals surface area contributed by atoms with E-state index < -0.39 is 0 Å². The van der Waals surface area contributed by atoms with Crippen LogP contribution < -0.4 is 10.1 Å². The van der Waals surface area contributed by atoms with Gasteiger partial charge in [0.1, 0.15) is 5.75 Å². The van der Waals surface area contributed by atoms with Crippen molar-refractivity contribution in [2.75, 3.05) is 12.4 Å². The SMILES string of the molecule is COc1ccc(C)cc1NC(=O)[C@@H](c1ccc(Cl)cc1)C(C)C. The maximum Gasteiger partial charge on any atom is 0.232 e. The van der Waals surface area contributed by atoms with Crippen LogP contribution in [0.4, 0.5) is 5.69 Å². The highest BCUT2D eigenvalue weighted by Crippen LogP contribution is 2.30. The molecular weight excluding hydrogens is 310 g/mol. The fourth-order valence-electron chi connectivity index (χ4n) is 2.64. The summed E-state index contributed by atoms with van der Waals surface area (Å²) in [5, 5.41) is 3.66. The van der Waals surface area contributed by atoms with Gasteiger partial charge < -0.3 is 10.1 Å². The van der Waals surface area contributed by atoms with Crippen molar-refractivity contribution >= 4 is 23.2 Å². The highest BCUT2D eigenvalue weighted by atomic mass is 35.5. The zero-order valence-electron chi connectivity index (χ0n) is 13.9. The molecule has 4 heteroatoms. The number of aryl methyl sites for hydroxylation is 1. The van der Waals surface area contributed by atoms with Crippen molar-refractivity contribution < 1.29 is 9.53 Å². The zero-order chi connectivity index (χ0) is 17.0. The molecule has 2 rings (SSSR count). The largest absolute Gasteiger partial charge is 0.495 e. The number of hydrogen-bond acceptors (Lipinski definition) is 2. The summed E-state index contributed by atoms with van der Waals surface area (Å²) >= 11 is 5.95. The molecule has 0 aliphatic heterocycles. The normalized spacial score (nSPS) is 12.1. The van der Waals surface area contributed by atoms with Gasteiger partial charge in [0, 0.05) is 5.02 Å². The van der Waals surface area contributed by atoms with E-state index in [0.29, 0.717) is 16.5 Å². The smallest absolute Gasteiger partial charge is 0.232 e. The summed E-state index contributed by atoms with van der Waals surface area (Å²) in [6.07, 6.45) is 0. The minimum absolute atomic E-state index is 0.0498. The summed E-state index contributed by atoms with van der Waals surface area (Å²) in [7, 11) is 1.60. The Balaban J connectivity index is 2.29. The molecule has 0 saturated heterocycles. The summed E-state index contributed by atoms with van der Waals surface area (Å²) in [5.41, 5.74) is 2.71. The van der Waals surface area contributed by atoms with Crippen LogP contribution in [0.1, 0.15) is 30.9 Å². The van der Waals surface area contributed by atoms with Gasteiger partial charge in [-0.05, 0) is 48.2 Å². The van der Waals surface area contributed by atoms with Crippen LogP contribution >= 0.6 is 11.6 Å². The number of anilines is 1. The number of nitrogens with one attached hydrogen (secondary N) is 1. The molecule has 1 atom stereocenters. The molecule has 122 valence electrons. The Morgan fingerprint density at radius 3 is 2.35 bits per heavy atom. The summed E-state index contributed by atoms with van der Waals surface area (Å²) in [6.45, 7) is 6.05. The van der Waals surface area contributed by atoms with E-state index in [4.69, 9.17) is 16.3 Å². The minimum Gasteiger partial charge on any atom is -0.495 e. The van der Waals surface area contributed by atoms with Crippen molar-refractivity contribution in [3.63, 3.8) is 0 Å². The Morgan fingerprint density at radius 2 is 1.78 bits per heavy atom.